The lowest BCUT2D eigenvalue weighted by atomic mass is 9.90. The summed E-state index contributed by atoms with van der Waals surface area (Å²) in [5, 5.41) is 9.00. The molecule has 1 saturated heterocycles. The number of nitrogens with zero attached hydrogens (tertiary/aromatic N) is 1. The molecule has 0 aromatic heterocycles. The van der Waals surface area contributed by atoms with E-state index in [4.69, 9.17) is 5.11 Å². The summed E-state index contributed by atoms with van der Waals surface area (Å²) in [5.41, 5.74) is -0.967. The molecule has 2 N–H and O–H groups in total. The smallest absolute Gasteiger partial charge is 0.310 e. The molecule has 0 aromatic carbocycles. The molecule has 0 aliphatic carbocycles. The lowest BCUT2D eigenvalue weighted by Crippen LogP contribution is -2.44. The summed E-state index contributed by atoms with van der Waals surface area (Å²) >= 11 is 0. The molecule has 0 amide bonds. The van der Waals surface area contributed by atoms with Crippen LogP contribution >= 0.6 is 0 Å². The monoisotopic (exact) mass is 250 g/mol. The van der Waals surface area contributed by atoms with Gasteiger partial charge in [-0.3, -0.25) is 4.79 Å². The molecule has 0 radical (unpaired) electrons. The molecule has 1 aliphatic heterocycles. The van der Waals surface area contributed by atoms with Gasteiger partial charge in [0.1, 0.15) is 0 Å². The van der Waals surface area contributed by atoms with E-state index in [1.54, 1.807) is 20.8 Å². The molecule has 1 heterocycles. The maximum Gasteiger partial charge on any atom is 0.310 e. The normalized spacial score (nSPS) is 27.5. The number of hydrogen-bond donors (Lipinski definition) is 2. The van der Waals surface area contributed by atoms with Crippen LogP contribution in [0.15, 0.2) is 0 Å². The zero-order chi connectivity index (χ0) is 12.6. The van der Waals surface area contributed by atoms with Crippen molar-refractivity contribution < 1.29 is 18.3 Å². The predicted octanol–water partition coefficient (Wildman–Crippen LogP) is 0.0258. The molecule has 0 aromatic rings. The van der Waals surface area contributed by atoms with E-state index >= 15 is 0 Å². The van der Waals surface area contributed by atoms with Gasteiger partial charge in [0.2, 0.25) is 0 Å². The van der Waals surface area contributed by atoms with Crippen molar-refractivity contribution in [3.05, 3.63) is 0 Å². The number of hydrogen-bond acceptors (Lipinski definition) is 3. The van der Waals surface area contributed by atoms with Crippen molar-refractivity contribution in [3.8, 4) is 0 Å². The number of carboxylic acid groups (broad SMARTS) is 1. The van der Waals surface area contributed by atoms with E-state index in [1.807, 2.05) is 0 Å². The summed E-state index contributed by atoms with van der Waals surface area (Å²) in [6.45, 7) is 5.31. The Hall–Kier alpha value is -0.660. The summed E-state index contributed by atoms with van der Waals surface area (Å²) in [5.74, 6) is -0.949. The third kappa shape index (κ3) is 2.72. The van der Waals surface area contributed by atoms with Crippen LogP contribution in [0.4, 0.5) is 0 Å². The Morgan fingerprint density at radius 2 is 2.06 bits per heavy atom. The van der Waals surface area contributed by atoms with Crippen molar-refractivity contribution in [1.82, 2.24) is 9.03 Å². The second-order valence-corrected chi connectivity index (χ2v) is 6.43. The quantitative estimate of drug-likeness (QED) is 0.736. The van der Waals surface area contributed by atoms with Crippen molar-refractivity contribution >= 4 is 16.2 Å². The lowest BCUT2D eigenvalue weighted by molar-refractivity contribution is -0.146. The molecule has 0 saturated carbocycles. The molecular weight excluding hydrogens is 232 g/mol. The van der Waals surface area contributed by atoms with Crippen LogP contribution < -0.4 is 4.72 Å². The Balaban J connectivity index is 2.77. The fourth-order valence-electron chi connectivity index (χ4n) is 1.67. The zero-order valence-electron chi connectivity index (χ0n) is 9.73. The average molecular weight is 250 g/mol. The van der Waals surface area contributed by atoms with E-state index in [0.717, 1.165) is 0 Å². The Labute approximate surface area is 95.8 Å². The lowest BCUT2D eigenvalue weighted by Gasteiger charge is -2.21. The van der Waals surface area contributed by atoms with Crippen LogP contribution in [0.5, 0.6) is 0 Å². The SMILES string of the molecule is CC(C)NS(=O)(=O)N1CCC(C)(C(=O)O)C1. The van der Waals surface area contributed by atoms with Gasteiger partial charge in [0.25, 0.3) is 10.2 Å². The second-order valence-electron chi connectivity index (χ2n) is 4.73. The molecule has 94 valence electrons. The van der Waals surface area contributed by atoms with E-state index in [1.165, 1.54) is 4.31 Å². The van der Waals surface area contributed by atoms with E-state index in [9.17, 15) is 13.2 Å². The van der Waals surface area contributed by atoms with Crippen molar-refractivity contribution in [2.24, 2.45) is 5.41 Å². The van der Waals surface area contributed by atoms with Gasteiger partial charge in [0, 0.05) is 19.1 Å². The van der Waals surface area contributed by atoms with E-state index in [-0.39, 0.29) is 19.1 Å². The summed E-state index contributed by atoms with van der Waals surface area (Å²) in [6, 6.07) is -0.193. The van der Waals surface area contributed by atoms with Gasteiger partial charge in [0.15, 0.2) is 0 Å². The molecule has 1 atom stereocenters. The third-order valence-corrected chi connectivity index (χ3v) is 4.44. The fourth-order valence-corrected chi connectivity index (χ4v) is 3.20. The van der Waals surface area contributed by atoms with Gasteiger partial charge in [-0.1, -0.05) is 0 Å². The molecule has 1 fully saturated rings. The molecule has 16 heavy (non-hydrogen) atoms. The first-order chi connectivity index (χ1) is 7.17. The minimum absolute atomic E-state index is 0.0321. The van der Waals surface area contributed by atoms with Gasteiger partial charge < -0.3 is 5.11 Å². The first-order valence-corrected chi connectivity index (χ1v) is 6.62. The van der Waals surface area contributed by atoms with Crippen LogP contribution in [-0.4, -0.2) is 42.9 Å². The van der Waals surface area contributed by atoms with Crippen LogP contribution in [0.3, 0.4) is 0 Å². The highest BCUT2D eigenvalue weighted by molar-refractivity contribution is 7.87. The third-order valence-electron chi connectivity index (χ3n) is 2.68. The number of rotatable bonds is 4. The topological polar surface area (TPSA) is 86.7 Å². The Bertz CT molecular complexity index is 379. The van der Waals surface area contributed by atoms with Crippen LogP contribution in [0.1, 0.15) is 27.2 Å². The summed E-state index contributed by atoms with van der Waals surface area (Å²) in [7, 11) is -3.54. The summed E-state index contributed by atoms with van der Waals surface area (Å²) in [4.78, 5) is 11.0. The van der Waals surface area contributed by atoms with Crippen LogP contribution in [0.25, 0.3) is 0 Å². The van der Waals surface area contributed by atoms with Gasteiger partial charge in [-0.25, -0.2) is 0 Å². The highest BCUT2D eigenvalue weighted by atomic mass is 32.2. The molecule has 1 aliphatic rings. The Morgan fingerprint density at radius 3 is 2.44 bits per heavy atom. The fraction of sp³-hybridized carbons (Fsp3) is 0.889. The van der Waals surface area contributed by atoms with Crippen LogP contribution in [0.2, 0.25) is 0 Å². The molecule has 6 nitrogen and oxygen atoms in total. The number of aliphatic carboxylic acids is 1. The molecule has 0 spiro atoms. The largest absolute Gasteiger partial charge is 0.481 e. The Morgan fingerprint density at radius 1 is 1.50 bits per heavy atom. The molecule has 0 bridgehead atoms. The number of carboxylic acids is 1. The van der Waals surface area contributed by atoms with Crippen molar-refractivity contribution in [2.45, 2.75) is 33.2 Å². The molecule has 7 heteroatoms. The summed E-state index contributed by atoms with van der Waals surface area (Å²) in [6.07, 6.45) is 0.349. The highest BCUT2D eigenvalue weighted by Crippen LogP contribution is 2.31. The zero-order valence-corrected chi connectivity index (χ0v) is 10.5. The van der Waals surface area contributed by atoms with Gasteiger partial charge >= 0.3 is 5.97 Å². The number of carbonyl (C=O) groups is 1. The van der Waals surface area contributed by atoms with E-state index in [0.29, 0.717) is 6.42 Å². The van der Waals surface area contributed by atoms with Gasteiger partial charge in [-0.2, -0.15) is 17.4 Å². The minimum atomic E-state index is -3.54. The van der Waals surface area contributed by atoms with Crippen molar-refractivity contribution in [3.63, 3.8) is 0 Å². The Kier molecular flexibility index (Phi) is 3.61. The van der Waals surface area contributed by atoms with Gasteiger partial charge in [0.05, 0.1) is 5.41 Å². The van der Waals surface area contributed by atoms with Crippen LogP contribution in [0, 0.1) is 5.41 Å². The first kappa shape index (κ1) is 13.4. The minimum Gasteiger partial charge on any atom is -0.481 e. The van der Waals surface area contributed by atoms with Gasteiger partial charge in [-0.15, -0.1) is 0 Å². The maximum absolute atomic E-state index is 11.8. The standard InChI is InChI=1S/C9H18N2O4S/c1-7(2)10-16(14,15)11-5-4-9(3,6-11)8(12)13/h7,10H,4-6H2,1-3H3,(H,12,13). The summed E-state index contributed by atoms with van der Waals surface area (Å²) < 4.78 is 27.2. The first-order valence-electron chi connectivity index (χ1n) is 5.18. The second kappa shape index (κ2) is 4.31. The molecule has 1 unspecified atom stereocenters. The van der Waals surface area contributed by atoms with Crippen LogP contribution in [-0.2, 0) is 15.0 Å². The molecular formula is C9H18N2O4S. The number of nitrogens with one attached hydrogen (secondary N) is 1. The van der Waals surface area contributed by atoms with Crippen molar-refractivity contribution in [2.75, 3.05) is 13.1 Å². The maximum atomic E-state index is 11.8. The van der Waals surface area contributed by atoms with E-state index in [2.05, 4.69) is 4.72 Å². The predicted molar refractivity (Wildman–Crippen MR) is 59.1 cm³/mol. The average Bonchev–Trinajstić information content (AvgIpc) is 2.47. The molecule has 1 rings (SSSR count). The van der Waals surface area contributed by atoms with Gasteiger partial charge in [-0.05, 0) is 27.2 Å². The highest BCUT2D eigenvalue weighted by Gasteiger charge is 2.44. The van der Waals surface area contributed by atoms with E-state index < -0.39 is 21.6 Å². The van der Waals surface area contributed by atoms with Crippen molar-refractivity contribution in [1.29, 1.82) is 0 Å².